The summed E-state index contributed by atoms with van der Waals surface area (Å²) in [6.07, 6.45) is -4.63. The molecule has 0 aliphatic rings. The number of para-hydroxylation sites is 1. The standard InChI is InChI=1S/C16H9F4N3O2/c17-10-7-5-9(6-8-10)14-22-23-15(25-14)13(24)21-12-4-2-1-3-11(12)16(18,19)20/h1-8H,(H,21,24). The first-order valence-electron chi connectivity index (χ1n) is 6.91. The molecule has 1 heterocycles. The van der Waals surface area contributed by atoms with Crippen molar-refractivity contribution in [1.82, 2.24) is 10.2 Å². The van der Waals surface area contributed by atoms with Gasteiger partial charge in [-0.1, -0.05) is 12.1 Å². The van der Waals surface area contributed by atoms with Gasteiger partial charge in [0.2, 0.25) is 5.89 Å². The van der Waals surface area contributed by atoms with Crippen LogP contribution >= 0.6 is 0 Å². The van der Waals surface area contributed by atoms with E-state index in [0.717, 1.165) is 12.1 Å². The molecule has 1 N–H and O–H groups in total. The van der Waals surface area contributed by atoms with Crippen molar-refractivity contribution >= 4 is 11.6 Å². The van der Waals surface area contributed by atoms with Gasteiger partial charge in [-0.25, -0.2) is 4.39 Å². The van der Waals surface area contributed by atoms with E-state index in [1.807, 2.05) is 0 Å². The molecular weight excluding hydrogens is 342 g/mol. The average molecular weight is 351 g/mol. The molecule has 0 saturated heterocycles. The van der Waals surface area contributed by atoms with Crippen molar-refractivity contribution in [2.24, 2.45) is 0 Å². The summed E-state index contributed by atoms with van der Waals surface area (Å²) in [6.45, 7) is 0. The highest BCUT2D eigenvalue weighted by molar-refractivity contribution is 6.01. The summed E-state index contributed by atoms with van der Waals surface area (Å²) < 4.78 is 56.8. The SMILES string of the molecule is O=C(Nc1ccccc1C(F)(F)F)c1nnc(-c2ccc(F)cc2)o1. The molecule has 5 nitrogen and oxygen atoms in total. The number of benzene rings is 2. The third kappa shape index (κ3) is 3.65. The van der Waals surface area contributed by atoms with Crippen molar-refractivity contribution < 1.29 is 26.8 Å². The van der Waals surface area contributed by atoms with Crippen molar-refractivity contribution in [3.63, 3.8) is 0 Å². The molecule has 0 aliphatic heterocycles. The summed E-state index contributed by atoms with van der Waals surface area (Å²) in [7, 11) is 0. The third-order valence-corrected chi connectivity index (χ3v) is 3.19. The largest absolute Gasteiger partial charge is 0.418 e. The summed E-state index contributed by atoms with van der Waals surface area (Å²) in [6, 6.07) is 9.57. The second-order valence-corrected chi connectivity index (χ2v) is 4.92. The Kier molecular flexibility index (Phi) is 4.22. The van der Waals surface area contributed by atoms with E-state index in [1.54, 1.807) is 0 Å². The zero-order valence-electron chi connectivity index (χ0n) is 12.3. The van der Waals surface area contributed by atoms with Gasteiger partial charge in [0.05, 0.1) is 11.3 Å². The van der Waals surface area contributed by atoms with Gasteiger partial charge in [-0.2, -0.15) is 13.2 Å². The molecule has 2 aromatic carbocycles. The molecule has 1 aromatic heterocycles. The maximum Gasteiger partial charge on any atom is 0.418 e. The van der Waals surface area contributed by atoms with E-state index < -0.39 is 35.0 Å². The molecule has 25 heavy (non-hydrogen) atoms. The fourth-order valence-corrected chi connectivity index (χ4v) is 2.04. The van der Waals surface area contributed by atoms with Crippen molar-refractivity contribution in [2.45, 2.75) is 6.18 Å². The van der Waals surface area contributed by atoms with Crippen LogP contribution in [0.25, 0.3) is 11.5 Å². The van der Waals surface area contributed by atoms with Crippen LogP contribution in [0.1, 0.15) is 16.2 Å². The van der Waals surface area contributed by atoms with Gasteiger partial charge in [0.1, 0.15) is 5.82 Å². The second-order valence-electron chi connectivity index (χ2n) is 4.92. The first-order chi connectivity index (χ1) is 11.8. The Balaban J connectivity index is 1.83. The Labute approximate surface area is 138 Å². The maximum atomic E-state index is 12.9. The molecule has 3 rings (SSSR count). The Bertz CT molecular complexity index is 904. The van der Waals surface area contributed by atoms with Crippen LogP contribution in [0.2, 0.25) is 0 Å². The average Bonchev–Trinajstić information content (AvgIpc) is 3.05. The number of hydrogen-bond donors (Lipinski definition) is 1. The van der Waals surface area contributed by atoms with E-state index in [0.29, 0.717) is 5.56 Å². The number of nitrogens with one attached hydrogen (secondary N) is 1. The van der Waals surface area contributed by atoms with Crippen molar-refractivity contribution in [1.29, 1.82) is 0 Å². The Morgan fingerprint density at radius 3 is 2.36 bits per heavy atom. The minimum absolute atomic E-state index is 0.0609. The molecule has 9 heteroatoms. The highest BCUT2D eigenvalue weighted by Gasteiger charge is 2.34. The van der Waals surface area contributed by atoms with Crippen LogP contribution < -0.4 is 5.32 Å². The lowest BCUT2D eigenvalue weighted by Crippen LogP contribution is -2.16. The monoisotopic (exact) mass is 351 g/mol. The van der Waals surface area contributed by atoms with Gasteiger partial charge >= 0.3 is 18.0 Å². The molecule has 0 fully saturated rings. The van der Waals surface area contributed by atoms with Gasteiger partial charge in [-0.15, -0.1) is 10.2 Å². The van der Waals surface area contributed by atoms with E-state index in [1.165, 1.54) is 36.4 Å². The molecule has 0 unspecified atom stereocenters. The van der Waals surface area contributed by atoms with E-state index in [4.69, 9.17) is 4.42 Å². The number of carbonyl (C=O) groups is 1. The molecule has 0 saturated carbocycles. The number of aromatic nitrogens is 2. The lowest BCUT2D eigenvalue weighted by Gasteiger charge is -2.12. The number of alkyl halides is 3. The zero-order chi connectivity index (χ0) is 18.0. The minimum atomic E-state index is -4.63. The predicted molar refractivity (Wildman–Crippen MR) is 79.1 cm³/mol. The van der Waals surface area contributed by atoms with Gasteiger partial charge in [0.25, 0.3) is 0 Å². The fourth-order valence-electron chi connectivity index (χ4n) is 2.04. The first kappa shape index (κ1) is 16.6. The molecule has 0 spiro atoms. The van der Waals surface area contributed by atoms with Crippen LogP contribution in [0.4, 0.5) is 23.2 Å². The Hall–Kier alpha value is -3.23. The van der Waals surface area contributed by atoms with Crippen LogP contribution in [0.15, 0.2) is 52.9 Å². The molecule has 3 aromatic rings. The molecule has 128 valence electrons. The Morgan fingerprint density at radius 1 is 1.00 bits per heavy atom. The van der Waals surface area contributed by atoms with Gasteiger partial charge < -0.3 is 9.73 Å². The summed E-state index contributed by atoms with van der Waals surface area (Å²) in [5.41, 5.74) is -1.06. The van der Waals surface area contributed by atoms with Crippen molar-refractivity contribution in [2.75, 3.05) is 5.32 Å². The van der Waals surface area contributed by atoms with E-state index in [2.05, 4.69) is 15.5 Å². The number of rotatable bonds is 3. The van der Waals surface area contributed by atoms with Gasteiger partial charge in [-0.3, -0.25) is 4.79 Å². The van der Waals surface area contributed by atoms with E-state index >= 15 is 0 Å². The number of carbonyl (C=O) groups excluding carboxylic acids is 1. The topological polar surface area (TPSA) is 68.0 Å². The molecule has 0 bridgehead atoms. The van der Waals surface area contributed by atoms with E-state index in [-0.39, 0.29) is 5.89 Å². The summed E-state index contributed by atoms with van der Waals surface area (Å²) in [5.74, 6) is -2.03. The molecular formula is C16H9F4N3O2. The smallest absolute Gasteiger partial charge is 0.412 e. The number of amides is 1. The summed E-state index contributed by atoms with van der Waals surface area (Å²) in [4.78, 5) is 12.1. The summed E-state index contributed by atoms with van der Waals surface area (Å²) >= 11 is 0. The van der Waals surface area contributed by atoms with Crippen LogP contribution in [0.5, 0.6) is 0 Å². The van der Waals surface area contributed by atoms with Crippen molar-refractivity contribution in [3.05, 3.63) is 65.8 Å². The van der Waals surface area contributed by atoms with Crippen LogP contribution in [0, 0.1) is 5.82 Å². The molecule has 0 radical (unpaired) electrons. The second kappa shape index (κ2) is 6.34. The van der Waals surface area contributed by atoms with Gasteiger partial charge in [0.15, 0.2) is 0 Å². The number of hydrogen-bond acceptors (Lipinski definition) is 4. The molecule has 1 amide bonds. The van der Waals surface area contributed by atoms with Crippen LogP contribution in [-0.2, 0) is 6.18 Å². The van der Waals surface area contributed by atoms with Crippen LogP contribution in [0.3, 0.4) is 0 Å². The lowest BCUT2D eigenvalue weighted by atomic mass is 10.1. The fraction of sp³-hybridized carbons (Fsp3) is 0.0625. The van der Waals surface area contributed by atoms with Crippen LogP contribution in [-0.4, -0.2) is 16.1 Å². The first-order valence-corrected chi connectivity index (χ1v) is 6.91. The highest BCUT2D eigenvalue weighted by Crippen LogP contribution is 2.34. The van der Waals surface area contributed by atoms with E-state index in [9.17, 15) is 22.4 Å². The summed E-state index contributed by atoms with van der Waals surface area (Å²) in [5, 5.41) is 9.22. The van der Waals surface area contributed by atoms with Crippen molar-refractivity contribution in [3.8, 4) is 11.5 Å². The number of halogens is 4. The number of anilines is 1. The highest BCUT2D eigenvalue weighted by atomic mass is 19.4. The molecule has 0 atom stereocenters. The maximum absolute atomic E-state index is 12.9. The zero-order valence-corrected chi connectivity index (χ0v) is 12.3. The third-order valence-electron chi connectivity index (χ3n) is 3.19. The van der Waals surface area contributed by atoms with Gasteiger partial charge in [0, 0.05) is 5.56 Å². The predicted octanol–water partition coefficient (Wildman–Crippen LogP) is 4.15. The quantitative estimate of drug-likeness (QED) is 0.720. The van der Waals surface area contributed by atoms with Gasteiger partial charge in [-0.05, 0) is 36.4 Å². The minimum Gasteiger partial charge on any atom is -0.412 e. The lowest BCUT2D eigenvalue weighted by molar-refractivity contribution is -0.136. The number of nitrogens with zero attached hydrogens (tertiary/aromatic N) is 2. The Morgan fingerprint density at radius 2 is 1.68 bits per heavy atom. The normalized spacial score (nSPS) is 11.4. The molecule has 0 aliphatic carbocycles.